The quantitative estimate of drug-likeness (QED) is 0.384. The molecule has 27 heavy (non-hydrogen) atoms. The van der Waals surface area contributed by atoms with E-state index in [1.165, 1.54) is 6.07 Å². The largest absolute Gasteiger partial charge is 0.481 e. The van der Waals surface area contributed by atoms with Crippen LogP contribution in [0.3, 0.4) is 0 Å². The number of pyridine rings is 2. The Balaban J connectivity index is 0.00000261. The zero-order chi connectivity index (χ0) is 18.4. The number of nitrogens with one attached hydrogen (secondary N) is 2. The fourth-order valence-electron chi connectivity index (χ4n) is 2.91. The number of halogens is 2. The predicted molar refractivity (Wildman–Crippen MR) is 114 cm³/mol. The monoisotopic (exact) mass is 486 g/mol. The van der Waals surface area contributed by atoms with E-state index in [-0.39, 0.29) is 35.8 Å². The number of ether oxygens (including phenoxy) is 1. The molecule has 3 heterocycles. The van der Waals surface area contributed by atoms with Gasteiger partial charge in [0.05, 0.1) is 19.3 Å². The number of hydrogen-bond donors (Lipinski definition) is 2. The molecule has 1 aliphatic rings. The van der Waals surface area contributed by atoms with Crippen LogP contribution in [0.1, 0.15) is 12.1 Å². The van der Waals surface area contributed by atoms with Crippen molar-refractivity contribution >= 4 is 35.8 Å². The van der Waals surface area contributed by atoms with E-state index < -0.39 is 0 Å². The van der Waals surface area contributed by atoms with Gasteiger partial charge in [-0.2, -0.15) is 0 Å². The minimum absolute atomic E-state index is 0. The van der Waals surface area contributed by atoms with E-state index in [4.69, 9.17) is 4.74 Å². The smallest absolute Gasteiger partial charge is 0.213 e. The standard InChI is InChI=1S/C18H23FN6O.HI/c1-20-18(22-11-13-5-3-7-16(23-13)26-2)24-14-8-10-25(12-14)17-15(19)6-4-9-21-17;/h3-7,9,14H,8,10-12H2,1-2H3,(H2,20,22,24);1H. The van der Waals surface area contributed by atoms with Crippen LogP contribution in [-0.2, 0) is 6.54 Å². The van der Waals surface area contributed by atoms with Crippen molar-refractivity contribution in [1.82, 2.24) is 20.6 Å². The van der Waals surface area contributed by atoms with E-state index >= 15 is 0 Å². The van der Waals surface area contributed by atoms with E-state index in [9.17, 15) is 4.39 Å². The van der Waals surface area contributed by atoms with Gasteiger partial charge in [0.2, 0.25) is 5.88 Å². The Hall–Kier alpha value is -2.17. The van der Waals surface area contributed by atoms with Gasteiger partial charge >= 0.3 is 0 Å². The van der Waals surface area contributed by atoms with E-state index in [0.29, 0.717) is 30.7 Å². The van der Waals surface area contributed by atoms with Crippen LogP contribution in [-0.4, -0.2) is 49.2 Å². The molecule has 1 atom stereocenters. The molecule has 0 aromatic carbocycles. The third-order valence-corrected chi connectivity index (χ3v) is 4.22. The number of rotatable bonds is 5. The van der Waals surface area contributed by atoms with Crippen molar-refractivity contribution in [2.24, 2.45) is 4.99 Å². The molecule has 3 rings (SSSR count). The van der Waals surface area contributed by atoms with Crippen molar-refractivity contribution in [2.75, 3.05) is 32.1 Å². The molecule has 0 saturated carbocycles. The van der Waals surface area contributed by atoms with Crippen LogP contribution in [0, 0.1) is 5.82 Å². The molecule has 2 N–H and O–H groups in total. The van der Waals surface area contributed by atoms with Gasteiger partial charge in [-0.15, -0.1) is 24.0 Å². The Morgan fingerprint density at radius 1 is 1.37 bits per heavy atom. The van der Waals surface area contributed by atoms with Crippen molar-refractivity contribution < 1.29 is 9.13 Å². The fraction of sp³-hybridized carbons (Fsp3) is 0.389. The first kappa shape index (κ1) is 21.1. The molecule has 2 aromatic heterocycles. The lowest BCUT2D eigenvalue weighted by molar-refractivity contribution is 0.396. The maximum atomic E-state index is 13.9. The molecule has 146 valence electrons. The van der Waals surface area contributed by atoms with Gasteiger partial charge in [0.15, 0.2) is 17.6 Å². The average Bonchev–Trinajstić information content (AvgIpc) is 3.14. The number of aromatic nitrogens is 2. The fourth-order valence-corrected chi connectivity index (χ4v) is 2.91. The van der Waals surface area contributed by atoms with Crippen LogP contribution in [0.2, 0.25) is 0 Å². The zero-order valence-corrected chi connectivity index (χ0v) is 17.7. The topological polar surface area (TPSA) is 74.7 Å². The van der Waals surface area contributed by atoms with Crippen LogP contribution in [0.4, 0.5) is 10.2 Å². The van der Waals surface area contributed by atoms with Gasteiger partial charge in [-0.05, 0) is 24.6 Å². The minimum atomic E-state index is -0.292. The first-order valence-corrected chi connectivity index (χ1v) is 8.52. The second kappa shape index (κ2) is 10.2. The molecular formula is C18H24FIN6O. The van der Waals surface area contributed by atoms with Crippen molar-refractivity contribution in [2.45, 2.75) is 19.0 Å². The third-order valence-electron chi connectivity index (χ3n) is 4.22. The van der Waals surface area contributed by atoms with Crippen molar-refractivity contribution in [3.05, 3.63) is 48.0 Å². The molecule has 2 aromatic rings. The van der Waals surface area contributed by atoms with E-state index in [1.54, 1.807) is 32.5 Å². The first-order chi connectivity index (χ1) is 12.7. The van der Waals surface area contributed by atoms with Crippen molar-refractivity contribution in [3.8, 4) is 5.88 Å². The van der Waals surface area contributed by atoms with E-state index in [0.717, 1.165) is 18.7 Å². The molecule has 0 spiro atoms. The molecular weight excluding hydrogens is 462 g/mol. The van der Waals surface area contributed by atoms with Gasteiger partial charge in [0.25, 0.3) is 0 Å². The van der Waals surface area contributed by atoms with Gasteiger partial charge in [0.1, 0.15) is 0 Å². The van der Waals surface area contributed by atoms with Crippen LogP contribution >= 0.6 is 24.0 Å². The van der Waals surface area contributed by atoms with Crippen LogP contribution in [0.25, 0.3) is 0 Å². The van der Waals surface area contributed by atoms with E-state index in [1.807, 2.05) is 17.0 Å². The van der Waals surface area contributed by atoms with Crippen LogP contribution in [0.5, 0.6) is 5.88 Å². The second-order valence-corrected chi connectivity index (χ2v) is 5.98. The maximum Gasteiger partial charge on any atom is 0.213 e. The van der Waals surface area contributed by atoms with Gasteiger partial charge in [-0.3, -0.25) is 4.99 Å². The summed E-state index contributed by atoms with van der Waals surface area (Å²) in [5.41, 5.74) is 0.857. The SMILES string of the molecule is CN=C(NCc1cccc(OC)n1)NC1CCN(c2ncccc2F)C1.I. The molecule has 1 aliphatic heterocycles. The molecule has 0 aliphatic carbocycles. The number of nitrogens with zero attached hydrogens (tertiary/aromatic N) is 4. The molecule has 0 radical (unpaired) electrons. The molecule has 1 fully saturated rings. The Morgan fingerprint density at radius 2 is 2.22 bits per heavy atom. The van der Waals surface area contributed by atoms with Gasteiger partial charge in [0, 0.05) is 38.4 Å². The molecule has 1 unspecified atom stereocenters. The lowest BCUT2D eigenvalue weighted by Crippen LogP contribution is -2.44. The highest BCUT2D eigenvalue weighted by atomic mass is 127. The number of methoxy groups -OCH3 is 1. The molecule has 1 saturated heterocycles. The van der Waals surface area contributed by atoms with E-state index in [2.05, 4.69) is 25.6 Å². The summed E-state index contributed by atoms with van der Waals surface area (Å²) in [6.07, 6.45) is 2.49. The minimum Gasteiger partial charge on any atom is -0.481 e. The highest BCUT2D eigenvalue weighted by molar-refractivity contribution is 14.0. The average molecular weight is 486 g/mol. The molecule has 9 heteroatoms. The van der Waals surface area contributed by atoms with Gasteiger partial charge in [-0.25, -0.2) is 14.4 Å². The predicted octanol–water partition coefficient (Wildman–Crippen LogP) is 2.19. The molecule has 7 nitrogen and oxygen atoms in total. The Bertz CT molecular complexity index is 775. The number of anilines is 1. The van der Waals surface area contributed by atoms with Crippen molar-refractivity contribution in [3.63, 3.8) is 0 Å². The lowest BCUT2D eigenvalue weighted by atomic mass is 10.3. The number of guanidine groups is 1. The summed E-state index contributed by atoms with van der Waals surface area (Å²) in [6, 6.07) is 8.83. The molecule has 0 bridgehead atoms. The Kier molecular flexibility index (Phi) is 8.01. The Morgan fingerprint density at radius 3 is 2.96 bits per heavy atom. The second-order valence-electron chi connectivity index (χ2n) is 5.98. The van der Waals surface area contributed by atoms with Gasteiger partial charge < -0.3 is 20.3 Å². The summed E-state index contributed by atoms with van der Waals surface area (Å²) in [4.78, 5) is 14.7. The van der Waals surface area contributed by atoms with Crippen LogP contribution < -0.4 is 20.3 Å². The van der Waals surface area contributed by atoms with Crippen LogP contribution in [0.15, 0.2) is 41.5 Å². The third kappa shape index (κ3) is 5.65. The maximum absolute atomic E-state index is 13.9. The summed E-state index contributed by atoms with van der Waals surface area (Å²) in [7, 11) is 3.32. The normalized spacial score (nSPS) is 16.6. The Labute approximate surface area is 175 Å². The first-order valence-electron chi connectivity index (χ1n) is 8.52. The summed E-state index contributed by atoms with van der Waals surface area (Å²) < 4.78 is 19.0. The van der Waals surface area contributed by atoms with Gasteiger partial charge in [-0.1, -0.05) is 6.07 Å². The number of hydrogen-bond acceptors (Lipinski definition) is 5. The summed E-state index contributed by atoms with van der Waals surface area (Å²) in [5, 5.41) is 6.61. The number of aliphatic imine (C=N–C) groups is 1. The lowest BCUT2D eigenvalue weighted by Gasteiger charge is -2.20. The summed E-state index contributed by atoms with van der Waals surface area (Å²) in [5.74, 6) is 1.37. The molecule has 0 amide bonds. The highest BCUT2D eigenvalue weighted by Crippen LogP contribution is 2.20. The zero-order valence-electron chi connectivity index (χ0n) is 15.4. The van der Waals surface area contributed by atoms with Crippen molar-refractivity contribution in [1.29, 1.82) is 0 Å². The summed E-state index contributed by atoms with van der Waals surface area (Å²) in [6.45, 7) is 1.95. The highest BCUT2D eigenvalue weighted by Gasteiger charge is 2.25. The summed E-state index contributed by atoms with van der Waals surface area (Å²) >= 11 is 0.